The van der Waals surface area contributed by atoms with Crippen molar-refractivity contribution in [3.8, 4) is 5.75 Å². The van der Waals surface area contributed by atoms with Crippen LogP contribution in [0.2, 0.25) is 0 Å². The average molecular weight is 471 g/mol. The molecule has 5 nitrogen and oxygen atoms in total. The summed E-state index contributed by atoms with van der Waals surface area (Å²) in [7, 11) is 3.11. The molecule has 3 aliphatic rings. The topological polar surface area (TPSA) is 72.8 Å². The molecule has 35 heavy (non-hydrogen) atoms. The van der Waals surface area contributed by atoms with Crippen molar-refractivity contribution < 1.29 is 24.2 Å². The molecule has 5 atom stereocenters. The van der Waals surface area contributed by atoms with Gasteiger partial charge in [0.05, 0.1) is 19.6 Å². The number of Topliss-reactive ketones (excluding diaryl/α,β-unsaturated/α-hetero) is 2. The lowest BCUT2D eigenvalue weighted by molar-refractivity contribution is -0.218. The van der Waals surface area contributed by atoms with Gasteiger partial charge in [0.1, 0.15) is 22.5 Å². The lowest BCUT2D eigenvalue weighted by atomic mass is 9.39. The number of carbonyl (C=O) groups excluding carboxylic acids is 2. The van der Waals surface area contributed by atoms with E-state index < -0.39 is 28.3 Å². The van der Waals surface area contributed by atoms with E-state index in [1.165, 1.54) is 7.11 Å². The first-order chi connectivity index (χ1) is 16.9. The summed E-state index contributed by atoms with van der Waals surface area (Å²) in [6.07, 6.45) is 4.36. The quantitative estimate of drug-likeness (QED) is 0.440. The minimum Gasteiger partial charge on any atom is -0.500 e. The number of ether oxygens (including phenoxy) is 2. The smallest absolute Gasteiger partial charge is 0.179 e. The molecular formula is C30H30O5. The molecule has 0 radical (unpaired) electrons. The maximum absolute atomic E-state index is 14.5. The van der Waals surface area contributed by atoms with E-state index in [9.17, 15) is 14.7 Å². The number of hydrogen-bond donors (Lipinski definition) is 1. The maximum atomic E-state index is 14.5. The number of ketones is 2. The summed E-state index contributed by atoms with van der Waals surface area (Å²) in [6, 6.07) is 16.6. The molecule has 2 bridgehead atoms. The third kappa shape index (κ3) is 2.62. The Morgan fingerprint density at radius 3 is 2.26 bits per heavy atom. The molecule has 2 saturated carbocycles. The van der Waals surface area contributed by atoms with Gasteiger partial charge in [0.15, 0.2) is 11.6 Å². The van der Waals surface area contributed by atoms with Crippen LogP contribution in [-0.4, -0.2) is 30.9 Å². The zero-order chi connectivity index (χ0) is 25.0. The molecule has 0 unspecified atom stereocenters. The molecule has 5 rings (SSSR count). The zero-order valence-electron chi connectivity index (χ0n) is 20.1. The zero-order valence-corrected chi connectivity index (χ0v) is 20.1. The molecule has 0 aliphatic heterocycles. The van der Waals surface area contributed by atoms with Gasteiger partial charge in [0.2, 0.25) is 0 Å². The number of allylic oxidation sites excluding steroid dienone is 4. The Morgan fingerprint density at radius 2 is 1.69 bits per heavy atom. The summed E-state index contributed by atoms with van der Waals surface area (Å²) in [5.74, 6) is -0.373. The van der Waals surface area contributed by atoms with E-state index in [0.717, 1.165) is 5.56 Å². The van der Waals surface area contributed by atoms with E-state index in [0.29, 0.717) is 35.5 Å². The van der Waals surface area contributed by atoms with Crippen LogP contribution in [-0.2, 0) is 19.9 Å². The number of rotatable bonds is 8. The number of aliphatic hydroxyl groups is 1. The molecule has 1 spiro atoms. The Balaban J connectivity index is 1.80. The molecule has 2 fully saturated rings. The minimum atomic E-state index is -1.71. The predicted octanol–water partition coefficient (Wildman–Crippen LogP) is 4.88. The molecule has 3 aliphatic carbocycles. The second-order valence-corrected chi connectivity index (χ2v) is 9.74. The first kappa shape index (κ1) is 23.3. The van der Waals surface area contributed by atoms with Crippen LogP contribution in [0, 0.1) is 16.7 Å². The molecule has 2 aromatic rings. The van der Waals surface area contributed by atoms with Crippen LogP contribution in [0.1, 0.15) is 36.3 Å². The highest BCUT2D eigenvalue weighted by Crippen LogP contribution is 2.79. The highest BCUT2D eigenvalue weighted by atomic mass is 16.5. The summed E-state index contributed by atoms with van der Waals surface area (Å²) in [4.78, 5) is 28.8. The van der Waals surface area contributed by atoms with Crippen molar-refractivity contribution in [2.45, 2.75) is 30.8 Å². The Kier molecular flexibility index (Phi) is 5.37. The van der Waals surface area contributed by atoms with E-state index in [4.69, 9.17) is 9.47 Å². The van der Waals surface area contributed by atoms with Crippen molar-refractivity contribution in [1.82, 2.24) is 0 Å². The average Bonchev–Trinajstić information content (AvgIpc) is 3.06. The van der Waals surface area contributed by atoms with Gasteiger partial charge in [-0.3, -0.25) is 9.59 Å². The molecule has 1 N–H and O–H groups in total. The predicted molar refractivity (Wildman–Crippen MR) is 133 cm³/mol. The number of hydrogen-bond acceptors (Lipinski definition) is 5. The second-order valence-electron chi connectivity index (χ2n) is 9.74. The van der Waals surface area contributed by atoms with Crippen LogP contribution in [0.4, 0.5) is 0 Å². The molecule has 0 heterocycles. The van der Waals surface area contributed by atoms with E-state index in [1.807, 2.05) is 42.5 Å². The summed E-state index contributed by atoms with van der Waals surface area (Å²) in [6.45, 7) is 7.73. The number of fused-ring (bicyclic) bond motifs is 1. The highest BCUT2D eigenvalue weighted by molar-refractivity contribution is 6.24. The van der Waals surface area contributed by atoms with Crippen molar-refractivity contribution in [2.24, 2.45) is 16.7 Å². The van der Waals surface area contributed by atoms with Crippen molar-refractivity contribution in [3.63, 3.8) is 0 Å². The van der Waals surface area contributed by atoms with Crippen molar-refractivity contribution in [2.75, 3.05) is 14.2 Å². The molecule has 0 saturated heterocycles. The summed E-state index contributed by atoms with van der Waals surface area (Å²) in [5.41, 5.74) is -2.50. The van der Waals surface area contributed by atoms with Gasteiger partial charge in [-0.25, -0.2) is 0 Å². The molecular weight excluding hydrogens is 440 g/mol. The minimum absolute atomic E-state index is 0.263. The highest BCUT2D eigenvalue weighted by Gasteiger charge is 2.87. The van der Waals surface area contributed by atoms with Gasteiger partial charge < -0.3 is 14.6 Å². The van der Waals surface area contributed by atoms with E-state index in [1.54, 1.807) is 31.4 Å². The fraction of sp³-hybridized carbons (Fsp3) is 0.333. The third-order valence-corrected chi connectivity index (χ3v) is 8.45. The van der Waals surface area contributed by atoms with Gasteiger partial charge in [-0.1, -0.05) is 54.6 Å². The SMILES string of the molecule is C=CCC1=C(OC)[C@@]2(CC=C)C[C@@H]3[C@@H](c4ccc(OC)cc4)[C@@](O)(c4ccccc4)[C@]3(C1=O)C2=O. The standard InChI is InChI=1S/C30H30O5/c1-5-10-22-25(31)29-23(18-28(17-6-2,27(29)32)26(22)35-4)24(19-13-15-21(34-3)16-14-19)30(29,33)20-11-8-7-9-12-20/h5-9,11-16,23-24,33H,1-2,10,17-18H2,3-4H3/t23-,24-,28-,29-,30+/m1/s1. The molecule has 0 aromatic heterocycles. The van der Waals surface area contributed by atoms with Crippen molar-refractivity contribution >= 4 is 11.6 Å². The molecule has 0 amide bonds. The Hall–Kier alpha value is -3.44. The Bertz CT molecular complexity index is 1240. The number of benzene rings is 2. The van der Waals surface area contributed by atoms with Crippen LogP contribution in [0.3, 0.4) is 0 Å². The fourth-order valence-corrected chi connectivity index (χ4v) is 7.25. The summed E-state index contributed by atoms with van der Waals surface area (Å²) < 4.78 is 11.1. The maximum Gasteiger partial charge on any atom is 0.179 e. The van der Waals surface area contributed by atoms with Gasteiger partial charge in [-0.05, 0) is 48.4 Å². The summed E-state index contributed by atoms with van der Waals surface area (Å²) >= 11 is 0. The van der Waals surface area contributed by atoms with Crippen LogP contribution >= 0.6 is 0 Å². The lowest BCUT2D eigenvalue weighted by Gasteiger charge is -2.63. The van der Waals surface area contributed by atoms with Gasteiger partial charge in [0.25, 0.3) is 0 Å². The van der Waals surface area contributed by atoms with Crippen LogP contribution in [0.25, 0.3) is 0 Å². The van der Waals surface area contributed by atoms with Crippen molar-refractivity contribution in [1.29, 1.82) is 0 Å². The van der Waals surface area contributed by atoms with Gasteiger partial charge in [-0.15, -0.1) is 13.2 Å². The van der Waals surface area contributed by atoms with E-state index >= 15 is 0 Å². The Morgan fingerprint density at radius 1 is 1.00 bits per heavy atom. The Labute approximate surface area is 205 Å². The fourth-order valence-electron chi connectivity index (χ4n) is 7.25. The van der Waals surface area contributed by atoms with Crippen molar-refractivity contribution in [3.05, 3.63) is 102 Å². The number of methoxy groups -OCH3 is 2. The molecule has 5 heteroatoms. The second kappa shape index (κ2) is 8.06. The lowest BCUT2D eigenvalue weighted by Crippen LogP contribution is -2.72. The van der Waals surface area contributed by atoms with Gasteiger partial charge in [-0.2, -0.15) is 0 Å². The van der Waals surface area contributed by atoms with E-state index in [2.05, 4.69) is 13.2 Å². The van der Waals surface area contributed by atoms with Crippen LogP contribution < -0.4 is 4.74 Å². The van der Waals surface area contributed by atoms with Crippen LogP contribution in [0.5, 0.6) is 5.75 Å². The monoisotopic (exact) mass is 470 g/mol. The molecule has 180 valence electrons. The van der Waals surface area contributed by atoms with Gasteiger partial charge in [0, 0.05) is 11.5 Å². The van der Waals surface area contributed by atoms with Gasteiger partial charge >= 0.3 is 0 Å². The largest absolute Gasteiger partial charge is 0.500 e. The number of carbonyl (C=O) groups is 2. The first-order valence-corrected chi connectivity index (χ1v) is 11.9. The first-order valence-electron chi connectivity index (χ1n) is 11.9. The van der Waals surface area contributed by atoms with E-state index in [-0.39, 0.29) is 18.0 Å². The normalized spacial score (nSPS) is 33.1. The summed E-state index contributed by atoms with van der Waals surface area (Å²) in [5, 5.41) is 12.7. The molecule has 2 aromatic carbocycles. The van der Waals surface area contributed by atoms with Crippen LogP contribution in [0.15, 0.2) is 91.2 Å². The third-order valence-electron chi connectivity index (χ3n) is 8.45.